The second-order valence-electron chi connectivity index (χ2n) is 6.89. The minimum Gasteiger partial charge on any atom is -0.463 e. The summed E-state index contributed by atoms with van der Waals surface area (Å²) in [5.74, 6) is 0.0141. The third-order valence-corrected chi connectivity index (χ3v) is 4.99. The minimum absolute atomic E-state index is 0.0393. The van der Waals surface area contributed by atoms with Crippen LogP contribution < -0.4 is 5.32 Å². The molecular weight excluding hydrogens is 376 g/mol. The summed E-state index contributed by atoms with van der Waals surface area (Å²) in [4.78, 5) is 49.5. The Morgan fingerprint density at radius 3 is 2.86 bits per heavy atom. The molecule has 1 fully saturated rings. The molecule has 10 nitrogen and oxygen atoms in total. The lowest BCUT2D eigenvalue weighted by Gasteiger charge is -2.39. The number of nitrogens with one attached hydrogen (secondary N) is 1. The second kappa shape index (κ2) is 7.38. The third-order valence-electron chi connectivity index (χ3n) is 4.99. The standard InChI is InChI=1S/C19H20N6O4/c1-23-17-16(18(27)24(2)19(23)28)25(11-22-17)10-15(26)21-9-12-5-6-20-13(8-12)14-4-3-7-29-14/h3-8,11,16-17H,9-10H2,1-2H3,(H,21,26). The van der Waals surface area contributed by atoms with Crippen LogP contribution in [-0.2, 0) is 16.1 Å². The topological polar surface area (TPSA) is 111 Å². The number of aliphatic imine (C=N–C) groups is 1. The Labute approximate surface area is 166 Å². The maximum absolute atomic E-state index is 12.5. The molecular formula is C19H20N6O4. The van der Waals surface area contributed by atoms with E-state index in [9.17, 15) is 14.4 Å². The zero-order valence-electron chi connectivity index (χ0n) is 16.0. The zero-order valence-corrected chi connectivity index (χ0v) is 16.0. The molecule has 10 heteroatoms. The Morgan fingerprint density at radius 1 is 1.28 bits per heavy atom. The van der Waals surface area contributed by atoms with E-state index < -0.39 is 18.2 Å². The van der Waals surface area contributed by atoms with Crippen molar-refractivity contribution in [2.24, 2.45) is 4.99 Å². The van der Waals surface area contributed by atoms with Gasteiger partial charge in [0, 0.05) is 26.8 Å². The summed E-state index contributed by atoms with van der Waals surface area (Å²) in [6.45, 7) is 0.267. The van der Waals surface area contributed by atoms with Gasteiger partial charge in [-0.2, -0.15) is 0 Å². The number of hydrogen-bond acceptors (Lipinski definition) is 7. The monoisotopic (exact) mass is 396 g/mol. The number of aromatic nitrogens is 1. The zero-order chi connectivity index (χ0) is 20.5. The lowest BCUT2D eigenvalue weighted by molar-refractivity contribution is -0.136. The van der Waals surface area contributed by atoms with Crippen molar-refractivity contribution in [2.75, 3.05) is 20.6 Å². The summed E-state index contributed by atoms with van der Waals surface area (Å²) in [7, 11) is 3.01. The Bertz CT molecular complexity index is 973. The van der Waals surface area contributed by atoms with Crippen molar-refractivity contribution < 1.29 is 18.8 Å². The van der Waals surface area contributed by atoms with E-state index in [0.29, 0.717) is 18.0 Å². The van der Waals surface area contributed by atoms with E-state index in [2.05, 4.69) is 15.3 Å². The Morgan fingerprint density at radius 2 is 2.10 bits per heavy atom. The number of carbonyl (C=O) groups excluding carboxylic acids is 3. The van der Waals surface area contributed by atoms with Crippen LogP contribution in [0.5, 0.6) is 0 Å². The van der Waals surface area contributed by atoms with E-state index in [-0.39, 0.29) is 18.4 Å². The van der Waals surface area contributed by atoms with Gasteiger partial charge in [-0.25, -0.2) is 9.79 Å². The predicted molar refractivity (Wildman–Crippen MR) is 102 cm³/mol. The summed E-state index contributed by atoms with van der Waals surface area (Å²) >= 11 is 0. The normalized spacial score (nSPS) is 21.0. The van der Waals surface area contributed by atoms with Crippen LogP contribution in [-0.4, -0.2) is 76.7 Å². The molecule has 2 unspecified atom stereocenters. The van der Waals surface area contributed by atoms with Gasteiger partial charge in [0.2, 0.25) is 5.91 Å². The van der Waals surface area contributed by atoms with Gasteiger partial charge in [0.25, 0.3) is 5.91 Å². The van der Waals surface area contributed by atoms with Gasteiger partial charge in [-0.1, -0.05) is 0 Å². The number of furan rings is 1. The summed E-state index contributed by atoms with van der Waals surface area (Å²) in [6.07, 6.45) is 4.07. The summed E-state index contributed by atoms with van der Waals surface area (Å²) in [6, 6.07) is 6.14. The van der Waals surface area contributed by atoms with Gasteiger partial charge in [-0.05, 0) is 29.8 Å². The van der Waals surface area contributed by atoms with Crippen LogP contribution in [0.4, 0.5) is 4.79 Å². The largest absolute Gasteiger partial charge is 0.463 e. The smallest absolute Gasteiger partial charge is 0.328 e. The number of carbonyl (C=O) groups is 3. The van der Waals surface area contributed by atoms with Crippen molar-refractivity contribution in [2.45, 2.75) is 18.8 Å². The Hall–Kier alpha value is -3.69. The number of urea groups is 1. The van der Waals surface area contributed by atoms with Crippen LogP contribution in [0.3, 0.4) is 0 Å². The molecule has 0 aliphatic carbocycles. The summed E-state index contributed by atoms with van der Waals surface area (Å²) < 4.78 is 5.34. The first kappa shape index (κ1) is 18.7. The molecule has 4 rings (SSSR count). The molecule has 0 aromatic carbocycles. The molecule has 2 aromatic heterocycles. The molecule has 1 N–H and O–H groups in total. The molecule has 2 aromatic rings. The van der Waals surface area contributed by atoms with Gasteiger partial charge in [-0.15, -0.1) is 0 Å². The number of amides is 4. The highest BCUT2D eigenvalue weighted by Gasteiger charge is 2.48. The third kappa shape index (κ3) is 3.44. The first-order valence-corrected chi connectivity index (χ1v) is 9.04. The number of imide groups is 1. The number of nitrogens with zero attached hydrogens (tertiary/aromatic N) is 5. The van der Waals surface area contributed by atoms with E-state index in [1.807, 2.05) is 12.1 Å². The van der Waals surface area contributed by atoms with E-state index in [0.717, 1.165) is 10.5 Å². The summed E-state index contributed by atoms with van der Waals surface area (Å²) in [5.41, 5.74) is 1.55. The average molecular weight is 396 g/mol. The molecule has 29 heavy (non-hydrogen) atoms. The highest BCUT2D eigenvalue weighted by Crippen LogP contribution is 2.24. The fraction of sp³-hybridized carbons (Fsp3) is 0.316. The molecule has 0 radical (unpaired) electrons. The van der Waals surface area contributed by atoms with Gasteiger partial charge < -0.3 is 19.5 Å². The highest BCUT2D eigenvalue weighted by molar-refractivity contribution is 6.02. The Kier molecular flexibility index (Phi) is 4.75. The van der Waals surface area contributed by atoms with Crippen LogP contribution >= 0.6 is 0 Å². The molecule has 0 spiro atoms. The predicted octanol–water partition coefficient (Wildman–Crippen LogP) is 0.520. The first-order chi connectivity index (χ1) is 14.0. The number of likely N-dealkylation sites (N-methyl/N-ethyl adjacent to an activating group) is 2. The quantitative estimate of drug-likeness (QED) is 0.789. The fourth-order valence-corrected chi connectivity index (χ4v) is 3.41. The van der Waals surface area contributed by atoms with Crippen LogP contribution in [0.2, 0.25) is 0 Å². The van der Waals surface area contributed by atoms with Crippen molar-refractivity contribution in [3.63, 3.8) is 0 Å². The number of pyridine rings is 1. The minimum atomic E-state index is -0.695. The maximum atomic E-state index is 12.5. The van der Waals surface area contributed by atoms with E-state index in [1.165, 1.54) is 18.3 Å². The molecule has 0 saturated carbocycles. The van der Waals surface area contributed by atoms with Gasteiger partial charge in [0.05, 0.1) is 19.1 Å². The van der Waals surface area contributed by atoms with Crippen LogP contribution in [0.15, 0.2) is 46.1 Å². The van der Waals surface area contributed by atoms with E-state index >= 15 is 0 Å². The molecule has 4 amide bonds. The molecule has 1 saturated heterocycles. The molecule has 0 bridgehead atoms. The van der Waals surface area contributed by atoms with Crippen LogP contribution in [0.1, 0.15) is 5.56 Å². The van der Waals surface area contributed by atoms with E-state index in [4.69, 9.17) is 4.42 Å². The molecule has 150 valence electrons. The molecule has 4 heterocycles. The highest BCUT2D eigenvalue weighted by atomic mass is 16.3. The second-order valence-corrected chi connectivity index (χ2v) is 6.89. The molecule has 2 aliphatic heterocycles. The van der Waals surface area contributed by atoms with Crippen molar-refractivity contribution in [3.8, 4) is 11.5 Å². The number of hydrogen-bond donors (Lipinski definition) is 1. The molecule has 2 aliphatic rings. The average Bonchev–Trinajstić information content (AvgIpc) is 3.40. The summed E-state index contributed by atoms with van der Waals surface area (Å²) in [5, 5.41) is 2.83. The van der Waals surface area contributed by atoms with Gasteiger partial charge >= 0.3 is 6.03 Å². The van der Waals surface area contributed by atoms with Crippen LogP contribution in [0, 0.1) is 0 Å². The van der Waals surface area contributed by atoms with Crippen molar-refractivity contribution in [1.29, 1.82) is 0 Å². The van der Waals surface area contributed by atoms with Gasteiger partial charge in [-0.3, -0.25) is 19.5 Å². The van der Waals surface area contributed by atoms with Crippen molar-refractivity contribution >= 4 is 24.2 Å². The SMILES string of the molecule is CN1C(=O)C2C(N=CN2CC(=O)NCc2ccnc(-c3ccco3)c2)N(C)C1=O. The first-order valence-electron chi connectivity index (χ1n) is 9.04. The lowest BCUT2D eigenvalue weighted by atomic mass is 10.1. The van der Waals surface area contributed by atoms with Gasteiger partial charge in [0.15, 0.2) is 18.0 Å². The van der Waals surface area contributed by atoms with Crippen molar-refractivity contribution in [3.05, 3.63) is 42.3 Å². The van der Waals surface area contributed by atoms with Gasteiger partial charge in [0.1, 0.15) is 5.69 Å². The number of fused-ring (bicyclic) bond motifs is 1. The lowest BCUT2D eigenvalue weighted by Crippen LogP contribution is -2.64. The Balaban J connectivity index is 1.37. The number of rotatable bonds is 5. The molecule has 2 atom stereocenters. The van der Waals surface area contributed by atoms with E-state index in [1.54, 1.807) is 36.5 Å². The van der Waals surface area contributed by atoms with Crippen molar-refractivity contribution in [1.82, 2.24) is 25.0 Å². The maximum Gasteiger partial charge on any atom is 0.328 e. The fourth-order valence-electron chi connectivity index (χ4n) is 3.41. The van der Waals surface area contributed by atoms with Crippen LogP contribution in [0.25, 0.3) is 11.5 Å².